The van der Waals surface area contributed by atoms with Crippen LogP contribution in [0.2, 0.25) is 0 Å². The Balaban J connectivity index is 1.51. The van der Waals surface area contributed by atoms with Crippen LogP contribution in [0.3, 0.4) is 0 Å². The van der Waals surface area contributed by atoms with Crippen LogP contribution in [0, 0.1) is 5.82 Å². The topological polar surface area (TPSA) is 120 Å². The molecule has 35 heavy (non-hydrogen) atoms. The summed E-state index contributed by atoms with van der Waals surface area (Å²) in [6.07, 6.45) is 3.95. The van der Waals surface area contributed by atoms with Crippen molar-refractivity contribution in [2.24, 2.45) is 0 Å². The van der Waals surface area contributed by atoms with E-state index in [1.165, 1.54) is 27.4 Å². The fourth-order valence-electron chi connectivity index (χ4n) is 4.32. The Hall–Kier alpha value is -3.64. The highest BCUT2D eigenvalue weighted by Crippen LogP contribution is 2.26. The van der Waals surface area contributed by atoms with Gasteiger partial charge in [0.2, 0.25) is 5.91 Å². The Morgan fingerprint density at radius 3 is 2.57 bits per heavy atom. The first kappa shape index (κ1) is 23.1. The third kappa shape index (κ3) is 4.93. The lowest BCUT2D eigenvalue weighted by Crippen LogP contribution is -2.43. The molecule has 5 heterocycles. The van der Waals surface area contributed by atoms with Gasteiger partial charge in [-0.25, -0.2) is 9.37 Å². The summed E-state index contributed by atoms with van der Waals surface area (Å²) in [5.74, 6) is -1.09. The maximum Gasteiger partial charge on any atom is 0.287 e. The van der Waals surface area contributed by atoms with E-state index in [-0.39, 0.29) is 23.8 Å². The van der Waals surface area contributed by atoms with E-state index >= 15 is 0 Å². The molecule has 3 aromatic rings. The van der Waals surface area contributed by atoms with Crippen LogP contribution in [-0.4, -0.2) is 75.4 Å². The molecule has 3 aromatic heterocycles. The first-order chi connectivity index (χ1) is 17.0. The number of carbonyl (C=O) groups excluding carboxylic acids is 2. The van der Waals surface area contributed by atoms with E-state index in [4.69, 9.17) is 9.47 Å². The minimum Gasteiger partial charge on any atom is -0.381 e. The molecule has 0 saturated carbocycles. The fourth-order valence-corrected chi connectivity index (χ4v) is 4.32. The van der Waals surface area contributed by atoms with Gasteiger partial charge in [-0.05, 0) is 25.0 Å². The molecular formula is C23H25FN6O5. The molecule has 2 aliphatic rings. The number of nitrogens with one attached hydrogen (secondary N) is 1. The van der Waals surface area contributed by atoms with Crippen molar-refractivity contribution >= 4 is 23.3 Å². The molecule has 2 fully saturated rings. The number of amides is 2. The van der Waals surface area contributed by atoms with Gasteiger partial charge in [0, 0.05) is 44.5 Å². The maximum absolute atomic E-state index is 13.3. The number of nitrogens with zero attached hydrogens (tertiary/aromatic N) is 5. The van der Waals surface area contributed by atoms with Gasteiger partial charge in [-0.3, -0.25) is 14.4 Å². The third-order valence-corrected chi connectivity index (χ3v) is 6.19. The van der Waals surface area contributed by atoms with Crippen LogP contribution in [0.25, 0.3) is 5.65 Å². The number of carbonyl (C=O) groups is 2. The molecule has 0 unspecified atom stereocenters. The van der Waals surface area contributed by atoms with Gasteiger partial charge in [0.1, 0.15) is 29.4 Å². The number of fused-ring (bicyclic) bond motifs is 1. The van der Waals surface area contributed by atoms with Gasteiger partial charge < -0.3 is 24.3 Å². The van der Waals surface area contributed by atoms with Gasteiger partial charge >= 0.3 is 0 Å². The molecule has 11 nitrogen and oxygen atoms in total. The van der Waals surface area contributed by atoms with Crippen LogP contribution in [-0.2, 0) is 20.8 Å². The number of morpholine rings is 1. The summed E-state index contributed by atoms with van der Waals surface area (Å²) in [6.45, 7) is 2.55. The molecule has 12 heteroatoms. The number of pyridine rings is 1. The molecule has 0 spiro atoms. The van der Waals surface area contributed by atoms with Crippen molar-refractivity contribution in [2.45, 2.75) is 25.3 Å². The first-order valence-corrected chi connectivity index (χ1v) is 11.5. The molecular weight excluding hydrogens is 459 g/mol. The monoisotopic (exact) mass is 484 g/mol. The number of hydrogen-bond acceptors (Lipinski definition) is 7. The molecule has 0 atom stereocenters. The van der Waals surface area contributed by atoms with Gasteiger partial charge in [-0.2, -0.15) is 9.61 Å². The predicted octanol–water partition coefficient (Wildman–Crippen LogP) is 1.04. The molecule has 0 aromatic carbocycles. The van der Waals surface area contributed by atoms with E-state index < -0.39 is 23.2 Å². The van der Waals surface area contributed by atoms with Gasteiger partial charge in [-0.1, -0.05) is 0 Å². The summed E-state index contributed by atoms with van der Waals surface area (Å²) in [7, 11) is 0. The average Bonchev–Trinajstić information content (AvgIpc) is 3.34. The van der Waals surface area contributed by atoms with Crippen molar-refractivity contribution in [3.63, 3.8) is 0 Å². The van der Waals surface area contributed by atoms with Crippen molar-refractivity contribution in [1.82, 2.24) is 24.1 Å². The second-order valence-corrected chi connectivity index (χ2v) is 8.52. The van der Waals surface area contributed by atoms with Gasteiger partial charge in [0.25, 0.3) is 11.5 Å². The van der Waals surface area contributed by atoms with Crippen molar-refractivity contribution in [1.29, 1.82) is 0 Å². The standard InChI is InChI=1S/C23H25FN6O5/c24-16-1-2-19(25-12-16)26-20(31)14-29-13-17(22(32)28-5-9-35-10-6-28)23(33)30-21(29)11-18(27-30)15-3-7-34-8-4-15/h1-2,11-13,15H,3-10,14H2,(H,25,26,31). The van der Waals surface area contributed by atoms with Crippen molar-refractivity contribution < 1.29 is 23.5 Å². The SMILES string of the molecule is O=C(Cn1cc(C(=O)N2CCOCC2)c(=O)n2nc(C3CCOCC3)cc12)Nc1ccc(F)cn1. The number of anilines is 1. The number of halogens is 1. The van der Waals surface area contributed by atoms with Crippen LogP contribution in [0.1, 0.15) is 34.8 Å². The highest BCUT2D eigenvalue weighted by Gasteiger charge is 2.26. The molecule has 0 radical (unpaired) electrons. The van der Waals surface area contributed by atoms with Crippen LogP contribution in [0.4, 0.5) is 10.2 Å². The molecule has 0 bridgehead atoms. The Bertz CT molecular complexity index is 1290. The lowest BCUT2D eigenvalue weighted by molar-refractivity contribution is -0.116. The Kier molecular flexibility index (Phi) is 6.55. The molecule has 184 valence electrons. The van der Waals surface area contributed by atoms with Crippen molar-refractivity contribution in [2.75, 3.05) is 44.8 Å². The first-order valence-electron chi connectivity index (χ1n) is 11.5. The molecule has 5 rings (SSSR count). The molecule has 1 N–H and O–H groups in total. The van der Waals surface area contributed by atoms with Gasteiger partial charge in [0.05, 0.1) is 25.1 Å². The number of rotatable bonds is 5. The third-order valence-electron chi connectivity index (χ3n) is 6.19. The van der Waals surface area contributed by atoms with E-state index in [1.807, 2.05) is 0 Å². The zero-order valence-electron chi connectivity index (χ0n) is 19.0. The summed E-state index contributed by atoms with van der Waals surface area (Å²) in [6, 6.07) is 4.32. The van der Waals surface area contributed by atoms with Gasteiger partial charge in [0.15, 0.2) is 0 Å². The lowest BCUT2D eigenvalue weighted by Gasteiger charge is -2.26. The van der Waals surface area contributed by atoms with Crippen LogP contribution < -0.4 is 10.9 Å². The summed E-state index contributed by atoms with van der Waals surface area (Å²) < 4.78 is 26.6. The summed E-state index contributed by atoms with van der Waals surface area (Å²) in [4.78, 5) is 44.7. The van der Waals surface area contributed by atoms with E-state index in [2.05, 4.69) is 15.4 Å². The van der Waals surface area contributed by atoms with E-state index in [9.17, 15) is 18.8 Å². The Labute approximate surface area is 199 Å². The van der Waals surface area contributed by atoms with E-state index in [1.54, 1.807) is 11.0 Å². The quantitative estimate of drug-likeness (QED) is 0.575. The predicted molar refractivity (Wildman–Crippen MR) is 122 cm³/mol. The fraction of sp³-hybridized carbons (Fsp3) is 0.435. The lowest BCUT2D eigenvalue weighted by atomic mass is 9.97. The average molecular weight is 484 g/mol. The second kappa shape index (κ2) is 9.92. The smallest absolute Gasteiger partial charge is 0.287 e. The maximum atomic E-state index is 13.3. The Morgan fingerprint density at radius 1 is 1.11 bits per heavy atom. The largest absolute Gasteiger partial charge is 0.381 e. The molecule has 2 aliphatic heterocycles. The van der Waals surface area contributed by atoms with Crippen LogP contribution in [0.15, 0.2) is 35.4 Å². The second-order valence-electron chi connectivity index (χ2n) is 8.52. The Morgan fingerprint density at radius 2 is 1.86 bits per heavy atom. The number of aromatic nitrogens is 4. The number of ether oxygens (including phenoxy) is 2. The van der Waals surface area contributed by atoms with Gasteiger partial charge in [-0.15, -0.1) is 0 Å². The summed E-state index contributed by atoms with van der Waals surface area (Å²) in [5, 5.41) is 7.14. The molecule has 2 saturated heterocycles. The summed E-state index contributed by atoms with van der Waals surface area (Å²) in [5.41, 5.74) is 0.508. The zero-order valence-corrected chi connectivity index (χ0v) is 19.0. The van der Waals surface area contributed by atoms with Crippen molar-refractivity contribution in [3.05, 3.63) is 58.0 Å². The van der Waals surface area contributed by atoms with Crippen LogP contribution in [0.5, 0.6) is 0 Å². The molecule has 0 aliphatic carbocycles. The number of hydrogen-bond donors (Lipinski definition) is 1. The highest BCUT2D eigenvalue weighted by molar-refractivity contribution is 5.94. The highest BCUT2D eigenvalue weighted by atomic mass is 19.1. The minimum absolute atomic E-state index is 0.0752. The van der Waals surface area contributed by atoms with E-state index in [0.717, 1.165) is 24.7 Å². The van der Waals surface area contributed by atoms with E-state index in [0.29, 0.717) is 45.2 Å². The zero-order chi connectivity index (χ0) is 24.4. The minimum atomic E-state index is -0.535. The van der Waals surface area contributed by atoms with Crippen LogP contribution >= 0.6 is 0 Å². The normalized spacial score (nSPS) is 17.0. The molecule has 2 amide bonds. The summed E-state index contributed by atoms with van der Waals surface area (Å²) >= 11 is 0. The van der Waals surface area contributed by atoms with Crippen molar-refractivity contribution in [3.8, 4) is 0 Å².